The van der Waals surface area contributed by atoms with E-state index < -0.39 is 0 Å². The molecule has 1 heterocycles. The number of aromatic nitrogens is 1. The molecule has 160 valence electrons. The van der Waals surface area contributed by atoms with Crippen molar-refractivity contribution in [2.75, 3.05) is 0 Å². The van der Waals surface area contributed by atoms with Crippen LogP contribution in [0.5, 0.6) is 11.8 Å². The maximum absolute atomic E-state index is 10.8. The third kappa shape index (κ3) is 5.81. The van der Waals surface area contributed by atoms with Crippen LogP contribution >= 0.6 is 0 Å². The highest BCUT2D eigenvalue weighted by atomic mass is 16.3. The van der Waals surface area contributed by atoms with Crippen molar-refractivity contribution in [3.8, 4) is 11.8 Å². The third-order valence-electron chi connectivity index (χ3n) is 6.68. The molecule has 1 aromatic carbocycles. The summed E-state index contributed by atoms with van der Waals surface area (Å²) in [7, 11) is 0. The van der Waals surface area contributed by atoms with Crippen molar-refractivity contribution in [2.24, 2.45) is 17.8 Å². The van der Waals surface area contributed by atoms with Crippen molar-refractivity contribution in [2.45, 2.75) is 85.1 Å². The van der Waals surface area contributed by atoms with Crippen LogP contribution < -0.4 is 0 Å². The Morgan fingerprint density at radius 1 is 0.931 bits per heavy atom. The van der Waals surface area contributed by atoms with Crippen LogP contribution in [0.25, 0.3) is 0 Å². The van der Waals surface area contributed by atoms with Crippen LogP contribution in [-0.4, -0.2) is 14.8 Å². The molecule has 0 fully saturated rings. The Hall–Kier alpha value is -1.90. The number of hydrogen-bond donors (Lipinski definition) is 2. The molecular formula is C26H39NO2. The summed E-state index contributed by atoms with van der Waals surface area (Å²) in [4.78, 5) is 0. The minimum absolute atomic E-state index is 0.263. The SMILES string of the molecule is CC(C)CCCC(C)CCCC1CCc2c(c(O)n(Cc3ccccc3)c2O)C1. The lowest BCUT2D eigenvalue weighted by atomic mass is 9.82. The second-order valence-corrected chi connectivity index (χ2v) is 9.65. The second kappa shape index (κ2) is 10.2. The van der Waals surface area contributed by atoms with E-state index in [-0.39, 0.29) is 11.8 Å². The van der Waals surface area contributed by atoms with E-state index in [9.17, 15) is 10.2 Å². The van der Waals surface area contributed by atoms with Crippen molar-refractivity contribution < 1.29 is 10.2 Å². The predicted molar refractivity (Wildman–Crippen MR) is 121 cm³/mol. The summed E-state index contributed by atoms with van der Waals surface area (Å²) in [6, 6.07) is 10.0. The van der Waals surface area contributed by atoms with Crippen LogP contribution in [0.2, 0.25) is 0 Å². The first-order valence-electron chi connectivity index (χ1n) is 11.6. The Balaban J connectivity index is 1.52. The number of fused-ring (bicyclic) bond motifs is 1. The molecule has 0 saturated carbocycles. The van der Waals surface area contributed by atoms with Crippen LogP contribution in [0.3, 0.4) is 0 Å². The molecule has 0 radical (unpaired) electrons. The summed E-state index contributed by atoms with van der Waals surface area (Å²) in [6.45, 7) is 7.53. The zero-order valence-electron chi connectivity index (χ0n) is 18.5. The van der Waals surface area contributed by atoms with Gasteiger partial charge in [-0.3, -0.25) is 4.57 Å². The summed E-state index contributed by atoms with van der Waals surface area (Å²) in [5.41, 5.74) is 3.05. The molecule has 2 unspecified atom stereocenters. The normalized spacial score (nSPS) is 17.4. The summed E-state index contributed by atoms with van der Waals surface area (Å²) in [6.07, 6.45) is 10.8. The third-order valence-corrected chi connectivity index (χ3v) is 6.68. The molecule has 1 aliphatic rings. The van der Waals surface area contributed by atoms with Crippen molar-refractivity contribution in [1.29, 1.82) is 0 Å². The molecule has 3 nitrogen and oxygen atoms in total. The van der Waals surface area contributed by atoms with Gasteiger partial charge in [-0.25, -0.2) is 0 Å². The van der Waals surface area contributed by atoms with Crippen LogP contribution in [-0.2, 0) is 19.4 Å². The van der Waals surface area contributed by atoms with Gasteiger partial charge < -0.3 is 10.2 Å². The lowest BCUT2D eigenvalue weighted by Crippen LogP contribution is -2.13. The van der Waals surface area contributed by atoms with E-state index in [0.717, 1.165) is 47.8 Å². The van der Waals surface area contributed by atoms with Crippen molar-refractivity contribution >= 4 is 0 Å². The van der Waals surface area contributed by atoms with E-state index in [4.69, 9.17) is 0 Å². The van der Waals surface area contributed by atoms with Gasteiger partial charge in [0.1, 0.15) is 0 Å². The minimum atomic E-state index is 0.263. The first kappa shape index (κ1) is 21.8. The number of benzene rings is 1. The molecule has 2 N–H and O–H groups in total. The molecule has 0 amide bonds. The van der Waals surface area contributed by atoms with E-state index in [1.54, 1.807) is 4.57 Å². The van der Waals surface area contributed by atoms with Gasteiger partial charge in [0.25, 0.3) is 0 Å². The molecular weight excluding hydrogens is 358 g/mol. The van der Waals surface area contributed by atoms with Crippen molar-refractivity contribution in [3.05, 3.63) is 47.0 Å². The van der Waals surface area contributed by atoms with Crippen molar-refractivity contribution in [1.82, 2.24) is 4.57 Å². The number of rotatable bonds is 10. The zero-order chi connectivity index (χ0) is 20.8. The Bertz CT molecular complexity index is 763. The highest BCUT2D eigenvalue weighted by Crippen LogP contribution is 2.41. The zero-order valence-corrected chi connectivity index (χ0v) is 18.5. The highest BCUT2D eigenvalue weighted by Gasteiger charge is 2.28. The van der Waals surface area contributed by atoms with E-state index >= 15 is 0 Å². The lowest BCUT2D eigenvalue weighted by molar-refractivity contribution is 0.361. The molecule has 3 heteroatoms. The van der Waals surface area contributed by atoms with E-state index in [1.165, 1.54) is 38.5 Å². The number of nitrogens with zero attached hydrogens (tertiary/aromatic N) is 1. The summed E-state index contributed by atoms with van der Waals surface area (Å²) in [5.74, 6) is 2.80. The van der Waals surface area contributed by atoms with Crippen LogP contribution in [0.4, 0.5) is 0 Å². The lowest BCUT2D eigenvalue weighted by Gasteiger charge is -2.23. The first-order chi connectivity index (χ1) is 14.0. The fourth-order valence-corrected chi connectivity index (χ4v) is 4.85. The fraction of sp³-hybridized carbons (Fsp3) is 0.615. The molecule has 0 spiro atoms. The molecule has 0 bridgehead atoms. The van der Waals surface area contributed by atoms with Gasteiger partial charge in [-0.2, -0.15) is 0 Å². The Morgan fingerprint density at radius 3 is 2.34 bits per heavy atom. The molecule has 1 aliphatic carbocycles. The second-order valence-electron chi connectivity index (χ2n) is 9.65. The van der Waals surface area contributed by atoms with Gasteiger partial charge in [0, 0.05) is 11.1 Å². The monoisotopic (exact) mass is 397 g/mol. The van der Waals surface area contributed by atoms with E-state index in [0.29, 0.717) is 12.5 Å². The van der Waals surface area contributed by atoms with Gasteiger partial charge in [-0.1, -0.05) is 89.6 Å². The van der Waals surface area contributed by atoms with E-state index in [1.807, 2.05) is 30.3 Å². The minimum Gasteiger partial charge on any atom is -0.494 e. The largest absolute Gasteiger partial charge is 0.494 e. The summed E-state index contributed by atoms with van der Waals surface area (Å²) < 4.78 is 1.68. The fourth-order valence-electron chi connectivity index (χ4n) is 4.85. The summed E-state index contributed by atoms with van der Waals surface area (Å²) >= 11 is 0. The predicted octanol–water partition coefficient (Wildman–Crippen LogP) is 6.69. The quantitative estimate of drug-likeness (QED) is 0.469. The highest BCUT2D eigenvalue weighted by molar-refractivity contribution is 5.47. The average molecular weight is 398 g/mol. The molecule has 2 atom stereocenters. The van der Waals surface area contributed by atoms with E-state index in [2.05, 4.69) is 20.8 Å². The molecule has 1 aromatic heterocycles. The van der Waals surface area contributed by atoms with Gasteiger partial charge >= 0.3 is 0 Å². The standard InChI is InChI=1S/C26H39NO2/c1-19(2)9-7-10-20(3)11-8-14-21-15-16-23-24(17-21)26(29)27(25(23)28)18-22-12-5-4-6-13-22/h4-6,12-13,19-21,28-29H,7-11,14-18H2,1-3H3. The van der Waals surface area contributed by atoms with Gasteiger partial charge in [-0.15, -0.1) is 0 Å². The first-order valence-corrected chi connectivity index (χ1v) is 11.6. The molecule has 0 aliphatic heterocycles. The van der Waals surface area contributed by atoms with Gasteiger partial charge in [0.2, 0.25) is 0 Å². The molecule has 3 rings (SSSR count). The van der Waals surface area contributed by atoms with Crippen LogP contribution in [0.15, 0.2) is 30.3 Å². The summed E-state index contributed by atoms with van der Waals surface area (Å²) in [5, 5.41) is 21.5. The maximum atomic E-state index is 10.8. The Kier molecular flexibility index (Phi) is 7.69. The van der Waals surface area contributed by atoms with Crippen molar-refractivity contribution in [3.63, 3.8) is 0 Å². The van der Waals surface area contributed by atoms with Gasteiger partial charge in [0.15, 0.2) is 11.8 Å². The van der Waals surface area contributed by atoms with Crippen LogP contribution in [0, 0.1) is 17.8 Å². The maximum Gasteiger partial charge on any atom is 0.197 e. The smallest absolute Gasteiger partial charge is 0.197 e. The van der Waals surface area contributed by atoms with Gasteiger partial charge in [0.05, 0.1) is 6.54 Å². The number of hydrogen-bond acceptors (Lipinski definition) is 2. The Labute approximate surface area is 176 Å². The van der Waals surface area contributed by atoms with Gasteiger partial charge in [-0.05, 0) is 42.6 Å². The topological polar surface area (TPSA) is 45.4 Å². The molecule has 2 aromatic rings. The average Bonchev–Trinajstić information content (AvgIpc) is 2.93. The number of aromatic hydroxyl groups is 2. The molecule has 0 saturated heterocycles. The van der Waals surface area contributed by atoms with Crippen LogP contribution in [0.1, 0.15) is 82.4 Å². The Morgan fingerprint density at radius 2 is 1.62 bits per heavy atom. The molecule has 29 heavy (non-hydrogen) atoms.